The molecule has 0 aromatic carbocycles. The lowest BCUT2D eigenvalue weighted by Gasteiger charge is -2.22. The van der Waals surface area contributed by atoms with Crippen LogP contribution in [0.5, 0.6) is 0 Å². The molecule has 1 saturated heterocycles. The van der Waals surface area contributed by atoms with Crippen molar-refractivity contribution in [2.45, 2.75) is 25.5 Å². The Balaban J connectivity index is 2.09. The van der Waals surface area contributed by atoms with Crippen molar-refractivity contribution in [1.29, 1.82) is 0 Å². The summed E-state index contributed by atoms with van der Waals surface area (Å²) >= 11 is 1.62. The molecule has 1 amide bonds. The van der Waals surface area contributed by atoms with Crippen molar-refractivity contribution < 1.29 is 19.1 Å². The average molecular weight is 297 g/mol. The van der Waals surface area contributed by atoms with Gasteiger partial charge in [0.05, 0.1) is 11.2 Å². The minimum atomic E-state index is -0.821. The molecule has 1 aromatic heterocycles. The summed E-state index contributed by atoms with van der Waals surface area (Å²) in [6.45, 7) is 2.58. The Labute approximate surface area is 122 Å². The summed E-state index contributed by atoms with van der Waals surface area (Å²) in [4.78, 5) is 25.3. The average Bonchev–Trinajstić information content (AvgIpc) is 3.05. The van der Waals surface area contributed by atoms with Crippen LogP contribution in [0.2, 0.25) is 0 Å². The first-order valence-corrected chi connectivity index (χ1v) is 8.02. The normalized spacial score (nSPS) is 22.2. The fourth-order valence-corrected chi connectivity index (χ4v) is 2.97. The molecule has 1 aliphatic heterocycles. The van der Waals surface area contributed by atoms with Crippen LogP contribution in [0.4, 0.5) is 0 Å². The highest BCUT2D eigenvalue weighted by molar-refractivity contribution is 7.97. The minimum Gasteiger partial charge on any atom is -0.481 e. The molecule has 1 atom stereocenters. The minimum absolute atomic E-state index is 0.214. The van der Waals surface area contributed by atoms with Crippen LogP contribution in [0.15, 0.2) is 16.5 Å². The van der Waals surface area contributed by atoms with Crippen LogP contribution in [-0.4, -0.2) is 41.2 Å². The van der Waals surface area contributed by atoms with E-state index in [1.54, 1.807) is 28.8 Å². The van der Waals surface area contributed by atoms with Crippen LogP contribution >= 0.6 is 11.8 Å². The zero-order chi connectivity index (χ0) is 14.8. The van der Waals surface area contributed by atoms with Crippen LogP contribution in [-0.2, 0) is 10.5 Å². The highest BCUT2D eigenvalue weighted by Gasteiger charge is 2.45. The second-order valence-electron chi connectivity index (χ2n) is 5.11. The second-order valence-corrected chi connectivity index (χ2v) is 5.98. The van der Waals surface area contributed by atoms with Gasteiger partial charge in [-0.3, -0.25) is 9.59 Å². The van der Waals surface area contributed by atoms with E-state index in [1.807, 2.05) is 13.2 Å². The highest BCUT2D eigenvalue weighted by Crippen LogP contribution is 2.35. The van der Waals surface area contributed by atoms with Gasteiger partial charge in [-0.05, 0) is 31.2 Å². The van der Waals surface area contributed by atoms with Gasteiger partial charge in [-0.15, -0.1) is 0 Å². The van der Waals surface area contributed by atoms with E-state index in [9.17, 15) is 14.7 Å². The van der Waals surface area contributed by atoms with E-state index in [0.29, 0.717) is 25.1 Å². The SMILES string of the molecule is CCC1(C(=O)O)CCN(C(=O)c2ccc(CSC)o2)C1. The molecule has 1 fully saturated rings. The number of carboxylic acid groups (broad SMARTS) is 1. The zero-order valence-electron chi connectivity index (χ0n) is 11.7. The van der Waals surface area contributed by atoms with Gasteiger partial charge in [0.25, 0.3) is 5.91 Å². The number of nitrogens with zero attached hydrogens (tertiary/aromatic N) is 1. The van der Waals surface area contributed by atoms with Gasteiger partial charge in [-0.1, -0.05) is 6.92 Å². The fourth-order valence-electron chi connectivity index (χ4n) is 2.53. The van der Waals surface area contributed by atoms with E-state index in [1.165, 1.54) is 0 Å². The predicted molar refractivity (Wildman–Crippen MR) is 76.8 cm³/mol. The number of hydrogen-bond acceptors (Lipinski definition) is 4. The van der Waals surface area contributed by atoms with E-state index in [0.717, 1.165) is 11.5 Å². The number of furan rings is 1. The molecule has 1 aliphatic rings. The van der Waals surface area contributed by atoms with E-state index in [-0.39, 0.29) is 12.5 Å². The molecule has 110 valence electrons. The molecule has 1 N–H and O–H groups in total. The maximum absolute atomic E-state index is 12.3. The number of hydrogen-bond donors (Lipinski definition) is 1. The van der Waals surface area contributed by atoms with E-state index >= 15 is 0 Å². The summed E-state index contributed by atoms with van der Waals surface area (Å²) in [6.07, 6.45) is 3.00. The number of carboxylic acids is 1. The number of aliphatic carboxylic acids is 1. The molecule has 6 heteroatoms. The zero-order valence-corrected chi connectivity index (χ0v) is 12.5. The van der Waals surface area contributed by atoms with Crippen LogP contribution in [0.25, 0.3) is 0 Å². The Hall–Kier alpha value is -1.43. The number of thioether (sulfide) groups is 1. The van der Waals surface area contributed by atoms with Gasteiger partial charge in [0.2, 0.25) is 0 Å². The first-order chi connectivity index (χ1) is 9.52. The lowest BCUT2D eigenvalue weighted by Crippen LogP contribution is -2.36. The Bertz CT molecular complexity index is 513. The summed E-state index contributed by atoms with van der Waals surface area (Å²) in [5.41, 5.74) is -0.801. The molecule has 0 spiro atoms. The lowest BCUT2D eigenvalue weighted by atomic mass is 9.84. The maximum atomic E-state index is 12.3. The Morgan fingerprint density at radius 3 is 2.80 bits per heavy atom. The Kier molecular flexibility index (Phi) is 4.42. The van der Waals surface area contributed by atoms with Gasteiger partial charge >= 0.3 is 5.97 Å². The van der Waals surface area contributed by atoms with Gasteiger partial charge in [0, 0.05) is 13.1 Å². The fraction of sp³-hybridized carbons (Fsp3) is 0.571. The van der Waals surface area contributed by atoms with Crippen molar-refractivity contribution in [1.82, 2.24) is 4.90 Å². The molecule has 5 nitrogen and oxygen atoms in total. The molecule has 1 unspecified atom stereocenters. The molecular formula is C14H19NO4S. The summed E-state index contributed by atoms with van der Waals surface area (Å²) in [7, 11) is 0. The van der Waals surface area contributed by atoms with Crippen LogP contribution < -0.4 is 0 Å². The molecule has 0 radical (unpaired) electrons. The largest absolute Gasteiger partial charge is 0.481 e. The van der Waals surface area contributed by atoms with Gasteiger partial charge in [0.15, 0.2) is 5.76 Å². The van der Waals surface area contributed by atoms with Gasteiger partial charge in [-0.2, -0.15) is 11.8 Å². The Morgan fingerprint density at radius 1 is 1.50 bits per heavy atom. The van der Waals surface area contributed by atoms with Gasteiger partial charge in [0.1, 0.15) is 5.76 Å². The predicted octanol–water partition coefficient (Wildman–Crippen LogP) is 2.47. The third-order valence-corrected chi connectivity index (χ3v) is 4.50. The lowest BCUT2D eigenvalue weighted by molar-refractivity contribution is -0.148. The topological polar surface area (TPSA) is 70.8 Å². The molecule has 2 heterocycles. The van der Waals surface area contributed by atoms with Crippen molar-refractivity contribution in [3.8, 4) is 0 Å². The summed E-state index contributed by atoms with van der Waals surface area (Å²) in [6, 6.07) is 3.46. The van der Waals surface area contributed by atoms with Crippen LogP contribution in [0.1, 0.15) is 36.1 Å². The molecule has 20 heavy (non-hydrogen) atoms. The van der Waals surface area contributed by atoms with Gasteiger partial charge < -0.3 is 14.4 Å². The molecular weight excluding hydrogens is 278 g/mol. The maximum Gasteiger partial charge on any atom is 0.311 e. The molecule has 2 rings (SSSR count). The molecule has 1 aromatic rings. The first kappa shape index (κ1) is 15.0. The molecule has 0 bridgehead atoms. The standard InChI is InChI=1S/C14H19NO4S/c1-3-14(13(17)18)6-7-15(9-14)12(16)11-5-4-10(19-11)8-20-2/h4-5H,3,6-9H2,1-2H3,(H,17,18). The third-order valence-electron chi connectivity index (χ3n) is 3.93. The van der Waals surface area contributed by atoms with E-state index in [4.69, 9.17) is 4.42 Å². The van der Waals surface area contributed by atoms with Crippen molar-refractivity contribution >= 4 is 23.6 Å². The van der Waals surface area contributed by atoms with E-state index in [2.05, 4.69) is 0 Å². The first-order valence-electron chi connectivity index (χ1n) is 6.63. The van der Waals surface area contributed by atoms with E-state index < -0.39 is 11.4 Å². The molecule has 0 aliphatic carbocycles. The summed E-state index contributed by atoms with van der Waals surface area (Å²) < 4.78 is 5.50. The van der Waals surface area contributed by atoms with Crippen molar-refractivity contribution in [3.63, 3.8) is 0 Å². The summed E-state index contributed by atoms with van der Waals surface area (Å²) in [5.74, 6) is 0.750. The second kappa shape index (κ2) is 5.91. The van der Waals surface area contributed by atoms with Crippen molar-refractivity contribution in [3.05, 3.63) is 23.7 Å². The Morgan fingerprint density at radius 2 is 2.25 bits per heavy atom. The smallest absolute Gasteiger partial charge is 0.311 e. The monoisotopic (exact) mass is 297 g/mol. The quantitative estimate of drug-likeness (QED) is 0.904. The van der Waals surface area contributed by atoms with Crippen molar-refractivity contribution in [2.75, 3.05) is 19.3 Å². The number of likely N-dealkylation sites (tertiary alicyclic amines) is 1. The van der Waals surface area contributed by atoms with Crippen molar-refractivity contribution in [2.24, 2.45) is 5.41 Å². The summed E-state index contributed by atoms with van der Waals surface area (Å²) in [5, 5.41) is 9.34. The number of carbonyl (C=O) groups is 2. The third kappa shape index (κ3) is 2.70. The number of rotatable bonds is 5. The number of carbonyl (C=O) groups excluding carboxylic acids is 1. The highest BCUT2D eigenvalue weighted by atomic mass is 32.2. The molecule has 0 saturated carbocycles. The number of amides is 1. The van der Waals surface area contributed by atoms with Crippen LogP contribution in [0, 0.1) is 5.41 Å². The van der Waals surface area contributed by atoms with Gasteiger partial charge in [-0.25, -0.2) is 0 Å². The van der Waals surface area contributed by atoms with Crippen LogP contribution in [0.3, 0.4) is 0 Å².